The molecule has 0 heterocycles. The Kier molecular flexibility index (Phi) is 7.48. The minimum Gasteiger partial charge on any atom is -0.490 e. The lowest BCUT2D eigenvalue weighted by Crippen LogP contribution is -2.84. The Hall–Kier alpha value is -0.440. The van der Waals surface area contributed by atoms with Gasteiger partial charge < -0.3 is 10.1 Å². The van der Waals surface area contributed by atoms with E-state index in [1.54, 1.807) is 0 Å². The van der Waals surface area contributed by atoms with Crippen molar-refractivity contribution in [1.82, 2.24) is 0 Å². The van der Waals surface area contributed by atoms with Gasteiger partial charge in [-0.05, 0) is 31.0 Å². The maximum absolute atomic E-state index is 6.10. The topological polar surface area (TPSA) is 25.8 Å². The van der Waals surface area contributed by atoms with Gasteiger partial charge >= 0.3 is 0 Å². The molecule has 1 rings (SSSR count). The molecule has 0 amide bonds. The van der Waals surface area contributed by atoms with E-state index in [1.165, 1.54) is 19.4 Å². The van der Waals surface area contributed by atoms with Crippen LogP contribution in [0.25, 0.3) is 0 Å². The number of halogens is 2. The molecule has 102 valence electrons. The van der Waals surface area contributed by atoms with Gasteiger partial charge in [0.25, 0.3) is 0 Å². The Morgan fingerprint density at radius 3 is 2.33 bits per heavy atom. The maximum Gasteiger partial charge on any atom is 0.156 e. The van der Waals surface area contributed by atoms with Crippen LogP contribution in [0.15, 0.2) is 12.1 Å². The number of benzene rings is 1. The Bertz CT molecular complexity index is 346. The van der Waals surface area contributed by atoms with Crippen molar-refractivity contribution < 1.29 is 10.1 Å². The number of ether oxygens (including phenoxy) is 1. The fraction of sp³-hybridized carbons (Fsp3) is 0.571. The third kappa shape index (κ3) is 5.47. The Morgan fingerprint density at radius 2 is 1.72 bits per heavy atom. The maximum atomic E-state index is 6.10. The fourth-order valence-electron chi connectivity index (χ4n) is 1.72. The van der Waals surface area contributed by atoms with Crippen LogP contribution in [0.1, 0.15) is 31.7 Å². The van der Waals surface area contributed by atoms with Crippen molar-refractivity contribution in [2.24, 2.45) is 0 Å². The molecule has 0 radical (unpaired) electrons. The Balaban J connectivity index is 2.27. The van der Waals surface area contributed by atoms with Crippen molar-refractivity contribution in [2.75, 3.05) is 19.7 Å². The fourth-order valence-corrected chi connectivity index (χ4v) is 2.42. The molecule has 0 atom stereocenters. The first-order chi connectivity index (χ1) is 8.65. The quantitative estimate of drug-likeness (QED) is 0.730. The van der Waals surface area contributed by atoms with Crippen LogP contribution in [0.3, 0.4) is 0 Å². The molecule has 1 aromatic carbocycles. The van der Waals surface area contributed by atoms with E-state index in [4.69, 9.17) is 27.9 Å². The molecule has 0 unspecified atom stereocenters. The van der Waals surface area contributed by atoms with Crippen LogP contribution in [0.4, 0.5) is 0 Å². The largest absolute Gasteiger partial charge is 0.490 e. The van der Waals surface area contributed by atoms with Gasteiger partial charge in [-0.2, -0.15) is 0 Å². The first-order valence-electron chi connectivity index (χ1n) is 6.55. The van der Waals surface area contributed by atoms with Crippen LogP contribution in [0, 0.1) is 6.92 Å². The summed E-state index contributed by atoms with van der Waals surface area (Å²) in [6.45, 7) is 7.11. The molecular formula is C14H22Cl2NO+. The highest BCUT2D eigenvalue weighted by molar-refractivity contribution is 6.37. The van der Waals surface area contributed by atoms with Gasteiger partial charge in [-0.3, -0.25) is 0 Å². The number of unbranched alkanes of at least 4 members (excludes halogenated alkanes) is 1. The molecule has 0 aliphatic heterocycles. The van der Waals surface area contributed by atoms with Crippen LogP contribution >= 0.6 is 23.2 Å². The minimum atomic E-state index is 0.593. The van der Waals surface area contributed by atoms with Crippen LogP contribution in [-0.2, 0) is 0 Å². The second-order valence-electron chi connectivity index (χ2n) is 4.48. The zero-order valence-corrected chi connectivity index (χ0v) is 12.7. The van der Waals surface area contributed by atoms with Gasteiger partial charge in [0.2, 0.25) is 0 Å². The average Bonchev–Trinajstić information content (AvgIpc) is 2.30. The molecule has 0 aliphatic rings. The number of rotatable bonds is 8. The summed E-state index contributed by atoms with van der Waals surface area (Å²) in [4.78, 5) is 0. The molecule has 4 heteroatoms. The summed E-state index contributed by atoms with van der Waals surface area (Å²) < 4.78 is 5.65. The third-order valence-corrected chi connectivity index (χ3v) is 3.26. The number of quaternary nitrogens is 1. The molecule has 0 aromatic heterocycles. The number of nitrogens with two attached hydrogens (primary N) is 1. The second kappa shape index (κ2) is 8.63. The zero-order valence-electron chi connectivity index (χ0n) is 11.1. The third-order valence-electron chi connectivity index (χ3n) is 2.70. The average molecular weight is 291 g/mol. The smallest absolute Gasteiger partial charge is 0.156 e. The monoisotopic (exact) mass is 290 g/mol. The molecule has 2 nitrogen and oxygen atoms in total. The van der Waals surface area contributed by atoms with Gasteiger partial charge in [0.15, 0.2) is 5.75 Å². The van der Waals surface area contributed by atoms with Gasteiger partial charge in [0.1, 0.15) is 0 Å². The summed E-state index contributed by atoms with van der Waals surface area (Å²) in [7, 11) is 0. The SMILES string of the molecule is CCCC[NH2+]CCCOc1c(Cl)cc(C)cc1Cl. The highest BCUT2D eigenvalue weighted by Crippen LogP contribution is 2.33. The molecule has 2 N–H and O–H groups in total. The molecule has 0 spiro atoms. The number of hydrogen-bond donors (Lipinski definition) is 1. The van der Waals surface area contributed by atoms with E-state index >= 15 is 0 Å². The Morgan fingerprint density at radius 1 is 1.11 bits per heavy atom. The van der Waals surface area contributed by atoms with E-state index < -0.39 is 0 Å². The lowest BCUT2D eigenvalue weighted by Gasteiger charge is -2.10. The molecule has 0 fully saturated rings. The minimum absolute atomic E-state index is 0.593. The van der Waals surface area contributed by atoms with Gasteiger partial charge in [0, 0.05) is 6.42 Å². The van der Waals surface area contributed by atoms with Gasteiger partial charge in [-0.25, -0.2) is 0 Å². The van der Waals surface area contributed by atoms with E-state index in [0.717, 1.165) is 18.5 Å². The van der Waals surface area contributed by atoms with Crippen molar-refractivity contribution >= 4 is 23.2 Å². The first-order valence-corrected chi connectivity index (χ1v) is 7.30. The highest BCUT2D eigenvalue weighted by atomic mass is 35.5. The van der Waals surface area contributed by atoms with E-state index in [0.29, 0.717) is 22.4 Å². The van der Waals surface area contributed by atoms with Gasteiger partial charge in [-0.15, -0.1) is 0 Å². The summed E-state index contributed by atoms with van der Waals surface area (Å²) in [5, 5.41) is 3.51. The molecule has 18 heavy (non-hydrogen) atoms. The first kappa shape index (κ1) is 15.6. The lowest BCUT2D eigenvalue weighted by molar-refractivity contribution is -0.655. The van der Waals surface area contributed by atoms with Crippen molar-refractivity contribution in [3.63, 3.8) is 0 Å². The molecule has 0 aliphatic carbocycles. The van der Waals surface area contributed by atoms with Crippen LogP contribution in [-0.4, -0.2) is 19.7 Å². The van der Waals surface area contributed by atoms with Crippen molar-refractivity contribution in [3.05, 3.63) is 27.7 Å². The molecule has 1 aromatic rings. The summed E-state index contributed by atoms with van der Waals surface area (Å²) in [5.41, 5.74) is 1.05. The highest BCUT2D eigenvalue weighted by Gasteiger charge is 2.08. The van der Waals surface area contributed by atoms with E-state index in [2.05, 4.69) is 12.2 Å². The summed E-state index contributed by atoms with van der Waals surface area (Å²) in [6, 6.07) is 3.74. The van der Waals surface area contributed by atoms with Crippen molar-refractivity contribution in [1.29, 1.82) is 0 Å². The molecule has 0 saturated heterocycles. The van der Waals surface area contributed by atoms with Crippen LogP contribution in [0.2, 0.25) is 10.0 Å². The number of aryl methyl sites for hydroxylation is 1. The molecular weight excluding hydrogens is 269 g/mol. The Labute approximate surface area is 120 Å². The predicted molar refractivity (Wildman–Crippen MR) is 77.9 cm³/mol. The summed E-state index contributed by atoms with van der Waals surface area (Å²) in [5.74, 6) is 0.609. The zero-order chi connectivity index (χ0) is 13.4. The van der Waals surface area contributed by atoms with Crippen LogP contribution < -0.4 is 10.1 Å². The molecule has 0 bridgehead atoms. The van der Waals surface area contributed by atoms with Crippen LogP contribution in [0.5, 0.6) is 5.75 Å². The van der Waals surface area contributed by atoms with E-state index in [9.17, 15) is 0 Å². The number of hydrogen-bond acceptors (Lipinski definition) is 1. The van der Waals surface area contributed by atoms with Gasteiger partial charge in [0.05, 0.1) is 29.7 Å². The van der Waals surface area contributed by atoms with Crippen molar-refractivity contribution in [2.45, 2.75) is 33.1 Å². The van der Waals surface area contributed by atoms with E-state index in [1.807, 2.05) is 19.1 Å². The summed E-state index contributed by atoms with van der Waals surface area (Å²) in [6.07, 6.45) is 3.53. The summed E-state index contributed by atoms with van der Waals surface area (Å²) >= 11 is 12.2. The normalized spacial score (nSPS) is 10.7. The van der Waals surface area contributed by atoms with Gasteiger partial charge in [-0.1, -0.05) is 36.5 Å². The molecule has 0 saturated carbocycles. The lowest BCUT2D eigenvalue weighted by atomic mass is 10.2. The van der Waals surface area contributed by atoms with E-state index in [-0.39, 0.29) is 0 Å². The standard InChI is InChI=1S/C14H21Cl2NO/c1-3-4-6-17-7-5-8-18-14-12(15)9-11(2)10-13(14)16/h9-10,17H,3-8H2,1-2H3/p+1. The second-order valence-corrected chi connectivity index (χ2v) is 5.29. The van der Waals surface area contributed by atoms with Crippen molar-refractivity contribution in [3.8, 4) is 5.75 Å². The predicted octanol–water partition coefficient (Wildman–Crippen LogP) is 3.43.